The first-order valence-electron chi connectivity index (χ1n) is 10.3. The van der Waals surface area contributed by atoms with Gasteiger partial charge in [-0.15, -0.1) is 0 Å². The van der Waals surface area contributed by atoms with E-state index >= 15 is 0 Å². The molecule has 0 spiro atoms. The van der Waals surface area contributed by atoms with Crippen molar-refractivity contribution in [2.24, 2.45) is 5.92 Å². The lowest BCUT2D eigenvalue weighted by atomic mass is 9.78. The normalized spacial score (nSPS) is 16.2. The average Bonchev–Trinajstić information content (AvgIpc) is 2.58. The van der Waals surface area contributed by atoms with Crippen molar-refractivity contribution < 1.29 is 9.84 Å². The van der Waals surface area contributed by atoms with Gasteiger partial charge in [0.2, 0.25) is 0 Å². The SMILES string of the molecule is CC(C)(C)c1cc(COC(=S)NCC2CCCCC2)cc(C(C)(C)C)c1O. The predicted octanol–water partition coefficient (Wildman–Crippen LogP) is 5.96. The van der Waals surface area contributed by atoms with Gasteiger partial charge in [-0.3, -0.25) is 0 Å². The molecule has 0 atom stereocenters. The fourth-order valence-corrected chi connectivity index (χ4v) is 3.88. The monoisotopic (exact) mass is 391 g/mol. The minimum Gasteiger partial charge on any atom is -0.507 e. The summed E-state index contributed by atoms with van der Waals surface area (Å²) >= 11 is 5.38. The van der Waals surface area contributed by atoms with Gasteiger partial charge >= 0.3 is 0 Å². The maximum Gasteiger partial charge on any atom is 0.256 e. The number of hydrogen-bond donors (Lipinski definition) is 2. The van der Waals surface area contributed by atoms with E-state index in [1.54, 1.807) is 0 Å². The molecule has 1 saturated carbocycles. The third-order valence-electron chi connectivity index (χ3n) is 5.42. The van der Waals surface area contributed by atoms with Crippen LogP contribution >= 0.6 is 12.2 Å². The quantitative estimate of drug-likeness (QED) is 0.622. The highest BCUT2D eigenvalue weighted by Gasteiger charge is 2.26. The van der Waals surface area contributed by atoms with E-state index in [0.717, 1.165) is 23.2 Å². The topological polar surface area (TPSA) is 41.5 Å². The van der Waals surface area contributed by atoms with Crippen molar-refractivity contribution in [3.63, 3.8) is 0 Å². The van der Waals surface area contributed by atoms with Gasteiger partial charge < -0.3 is 15.2 Å². The maximum absolute atomic E-state index is 10.8. The Balaban J connectivity index is 2.05. The molecule has 4 heteroatoms. The van der Waals surface area contributed by atoms with E-state index in [4.69, 9.17) is 17.0 Å². The lowest BCUT2D eigenvalue weighted by molar-refractivity contribution is 0.276. The molecule has 1 aromatic carbocycles. The number of hydrogen-bond acceptors (Lipinski definition) is 3. The number of benzene rings is 1. The maximum atomic E-state index is 10.8. The summed E-state index contributed by atoms with van der Waals surface area (Å²) in [5.74, 6) is 1.12. The summed E-state index contributed by atoms with van der Waals surface area (Å²) in [5.41, 5.74) is 2.67. The summed E-state index contributed by atoms with van der Waals surface area (Å²) < 4.78 is 5.83. The molecule has 2 rings (SSSR count). The Morgan fingerprint density at radius 2 is 1.56 bits per heavy atom. The molecule has 1 aromatic rings. The number of aromatic hydroxyl groups is 1. The molecular weight excluding hydrogens is 354 g/mol. The van der Waals surface area contributed by atoms with Crippen LogP contribution in [0.15, 0.2) is 12.1 Å². The van der Waals surface area contributed by atoms with Gasteiger partial charge in [0.1, 0.15) is 12.4 Å². The Bertz CT molecular complexity index is 614. The first kappa shape index (κ1) is 22.0. The van der Waals surface area contributed by atoms with Crippen LogP contribution < -0.4 is 5.32 Å². The Morgan fingerprint density at radius 3 is 2.04 bits per heavy atom. The van der Waals surface area contributed by atoms with Gasteiger partial charge in [0.25, 0.3) is 5.17 Å². The minimum absolute atomic E-state index is 0.139. The summed E-state index contributed by atoms with van der Waals surface area (Å²) in [6.45, 7) is 14.1. The van der Waals surface area contributed by atoms with E-state index in [1.807, 2.05) is 12.1 Å². The van der Waals surface area contributed by atoms with E-state index in [0.29, 0.717) is 23.4 Å². The second-order valence-corrected chi connectivity index (χ2v) is 10.4. The van der Waals surface area contributed by atoms with E-state index in [1.165, 1.54) is 32.1 Å². The molecule has 27 heavy (non-hydrogen) atoms. The Labute approximate surface area is 170 Å². The van der Waals surface area contributed by atoms with Crippen molar-refractivity contribution in [2.75, 3.05) is 6.54 Å². The van der Waals surface area contributed by atoms with Crippen molar-refractivity contribution in [3.8, 4) is 5.75 Å². The molecule has 152 valence electrons. The summed E-state index contributed by atoms with van der Waals surface area (Å²) in [6, 6.07) is 4.10. The van der Waals surface area contributed by atoms with Crippen molar-refractivity contribution in [2.45, 2.75) is 91.1 Å². The average molecular weight is 392 g/mol. The van der Waals surface area contributed by atoms with Crippen LogP contribution in [0.3, 0.4) is 0 Å². The minimum atomic E-state index is -0.139. The van der Waals surface area contributed by atoms with Crippen LogP contribution in [0.1, 0.15) is 90.3 Å². The Morgan fingerprint density at radius 1 is 1.04 bits per heavy atom. The molecule has 0 saturated heterocycles. The third kappa shape index (κ3) is 6.38. The van der Waals surface area contributed by atoms with Gasteiger partial charge in [-0.2, -0.15) is 0 Å². The van der Waals surface area contributed by atoms with Crippen LogP contribution in [0.4, 0.5) is 0 Å². The second-order valence-electron chi connectivity index (χ2n) is 10.0. The van der Waals surface area contributed by atoms with Crippen LogP contribution in [-0.2, 0) is 22.2 Å². The lowest BCUT2D eigenvalue weighted by Gasteiger charge is -2.28. The fourth-order valence-electron chi connectivity index (χ4n) is 3.74. The standard InChI is InChI=1S/C23H37NO2S/c1-22(2,3)18-12-17(13-19(20(18)25)23(4,5)6)15-26-21(27)24-14-16-10-8-7-9-11-16/h12-13,16,25H,7-11,14-15H2,1-6H3,(H,24,27). The second kappa shape index (κ2) is 8.81. The van der Waals surface area contributed by atoms with E-state index in [-0.39, 0.29) is 10.8 Å². The molecule has 0 unspecified atom stereocenters. The fraction of sp³-hybridized carbons (Fsp3) is 0.696. The van der Waals surface area contributed by atoms with E-state index in [9.17, 15) is 5.11 Å². The van der Waals surface area contributed by atoms with Gasteiger partial charge in [-0.25, -0.2) is 0 Å². The van der Waals surface area contributed by atoms with Gasteiger partial charge in [-0.1, -0.05) is 60.8 Å². The van der Waals surface area contributed by atoms with Crippen LogP contribution in [0.25, 0.3) is 0 Å². The molecule has 2 N–H and O–H groups in total. The van der Waals surface area contributed by atoms with Crippen molar-refractivity contribution in [1.82, 2.24) is 5.32 Å². The number of rotatable bonds is 4. The molecule has 0 radical (unpaired) electrons. The molecule has 1 aliphatic rings. The molecule has 0 bridgehead atoms. The Hall–Kier alpha value is -1.29. The summed E-state index contributed by atoms with van der Waals surface area (Å²) in [5, 5.41) is 14.6. The highest BCUT2D eigenvalue weighted by atomic mass is 32.1. The van der Waals surface area contributed by atoms with Gasteiger partial charge in [0.15, 0.2) is 0 Å². The van der Waals surface area contributed by atoms with Crippen molar-refractivity contribution >= 4 is 17.4 Å². The number of nitrogens with one attached hydrogen (secondary N) is 1. The summed E-state index contributed by atoms with van der Waals surface area (Å²) in [4.78, 5) is 0. The first-order chi connectivity index (χ1) is 12.5. The third-order valence-corrected chi connectivity index (χ3v) is 5.68. The molecule has 0 amide bonds. The number of phenolic OH excluding ortho intramolecular Hbond substituents is 1. The molecule has 0 heterocycles. The van der Waals surface area contributed by atoms with Crippen LogP contribution in [0.5, 0.6) is 5.75 Å². The number of ether oxygens (including phenoxy) is 1. The van der Waals surface area contributed by atoms with Gasteiger partial charge in [0.05, 0.1) is 0 Å². The summed E-state index contributed by atoms with van der Waals surface area (Å²) in [6.07, 6.45) is 6.61. The molecule has 0 aliphatic heterocycles. The largest absolute Gasteiger partial charge is 0.507 e. The highest BCUT2D eigenvalue weighted by Crippen LogP contribution is 2.39. The predicted molar refractivity (Wildman–Crippen MR) is 117 cm³/mol. The smallest absolute Gasteiger partial charge is 0.256 e. The number of thiocarbonyl (C=S) groups is 1. The van der Waals surface area contributed by atoms with Gasteiger partial charge in [-0.05, 0) is 70.6 Å². The molecule has 1 aliphatic carbocycles. The highest BCUT2D eigenvalue weighted by molar-refractivity contribution is 7.80. The summed E-state index contributed by atoms with van der Waals surface area (Å²) in [7, 11) is 0. The zero-order valence-corrected chi connectivity index (χ0v) is 18.8. The zero-order valence-electron chi connectivity index (χ0n) is 17.9. The van der Waals surface area contributed by atoms with Crippen LogP contribution in [0.2, 0.25) is 0 Å². The zero-order chi connectivity index (χ0) is 20.2. The van der Waals surface area contributed by atoms with E-state index < -0.39 is 0 Å². The Kier molecular flexibility index (Phi) is 7.18. The first-order valence-corrected chi connectivity index (χ1v) is 10.7. The lowest BCUT2D eigenvalue weighted by Crippen LogP contribution is -2.30. The van der Waals surface area contributed by atoms with Gasteiger partial charge in [0, 0.05) is 6.54 Å². The van der Waals surface area contributed by atoms with Crippen LogP contribution in [-0.4, -0.2) is 16.8 Å². The van der Waals surface area contributed by atoms with Crippen LogP contribution in [0, 0.1) is 5.92 Å². The molecular formula is C23H37NO2S. The van der Waals surface area contributed by atoms with Crippen molar-refractivity contribution in [1.29, 1.82) is 0 Å². The van der Waals surface area contributed by atoms with Crippen molar-refractivity contribution in [3.05, 3.63) is 28.8 Å². The van der Waals surface area contributed by atoms with E-state index in [2.05, 4.69) is 46.9 Å². The molecule has 3 nitrogen and oxygen atoms in total. The number of phenols is 1. The molecule has 0 aromatic heterocycles. The molecule has 1 fully saturated rings.